The van der Waals surface area contributed by atoms with Gasteiger partial charge in [-0.1, -0.05) is 31.2 Å². The first kappa shape index (κ1) is 17.1. The Hall–Kier alpha value is -0.950. The summed E-state index contributed by atoms with van der Waals surface area (Å²) in [4.78, 5) is 0. The van der Waals surface area contributed by atoms with Gasteiger partial charge in [0.15, 0.2) is 0 Å². The highest BCUT2D eigenvalue weighted by Crippen LogP contribution is 2.12. The predicted octanol–water partition coefficient (Wildman–Crippen LogP) is 1.33. The zero-order chi connectivity index (χ0) is 15.0. The lowest BCUT2D eigenvalue weighted by Gasteiger charge is -2.20. The summed E-state index contributed by atoms with van der Waals surface area (Å²) >= 11 is 0. The minimum atomic E-state index is -3.30. The van der Waals surface area contributed by atoms with Crippen molar-refractivity contribution in [3.63, 3.8) is 0 Å². The molecule has 0 radical (unpaired) electrons. The van der Waals surface area contributed by atoms with E-state index in [4.69, 9.17) is 10.5 Å². The Morgan fingerprint density at radius 3 is 2.25 bits per heavy atom. The minimum absolute atomic E-state index is 0.0117. The molecule has 0 saturated carbocycles. The highest BCUT2D eigenvalue weighted by atomic mass is 32.2. The molecule has 0 unspecified atom stereocenters. The first-order valence-corrected chi connectivity index (χ1v) is 8.47. The minimum Gasteiger partial charge on any atom is -0.380 e. The van der Waals surface area contributed by atoms with E-state index < -0.39 is 10.0 Å². The van der Waals surface area contributed by atoms with Gasteiger partial charge >= 0.3 is 0 Å². The van der Waals surface area contributed by atoms with Crippen LogP contribution in [0.5, 0.6) is 0 Å². The van der Waals surface area contributed by atoms with Gasteiger partial charge in [0, 0.05) is 26.2 Å². The van der Waals surface area contributed by atoms with Crippen molar-refractivity contribution in [2.75, 3.05) is 26.3 Å². The molecule has 2 N–H and O–H groups in total. The van der Waals surface area contributed by atoms with E-state index in [9.17, 15) is 8.42 Å². The summed E-state index contributed by atoms with van der Waals surface area (Å²) in [6, 6.07) is 7.36. The van der Waals surface area contributed by atoms with Crippen LogP contribution in [0, 0.1) is 0 Å². The van der Waals surface area contributed by atoms with Crippen LogP contribution in [-0.2, 0) is 27.1 Å². The molecule has 5 nitrogen and oxygen atoms in total. The van der Waals surface area contributed by atoms with Crippen LogP contribution in [0.4, 0.5) is 0 Å². The van der Waals surface area contributed by atoms with Crippen molar-refractivity contribution in [3.8, 4) is 0 Å². The molecule has 0 aromatic heterocycles. The Balaban J connectivity index is 2.70. The maximum absolute atomic E-state index is 12.3. The quantitative estimate of drug-likeness (QED) is 0.698. The third-order valence-electron chi connectivity index (χ3n) is 3.04. The van der Waals surface area contributed by atoms with E-state index in [-0.39, 0.29) is 5.75 Å². The molecule has 20 heavy (non-hydrogen) atoms. The molecule has 0 saturated heterocycles. The second-order valence-electron chi connectivity index (χ2n) is 4.47. The van der Waals surface area contributed by atoms with E-state index >= 15 is 0 Å². The molecular weight excluding hydrogens is 276 g/mol. The van der Waals surface area contributed by atoms with Crippen molar-refractivity contribution >= 4 is 10.0 Å². The molecule has 0 aliphatic rings. The molecule has 1 aromatic rings. The van der Waals surface area contributed by atoms with Gasteiger partial charge in [-0.15, -0.1) is 0 Å². The second-order valence-corrected chi connectivity index (χ2v) is 6.43. The highest BCUT2D eigenvalue weighted by Gasteiger charge is 2.20. The lowest BCUT2D eigenvalue weighted by Crippen LogP contribution is -2.34. The average molecular weight is 300 g/mol. The lowest BCUT2D eigenvalue weighted by molar-refractivity contribution is 0.135. The van der Waals surface area contributed by atoms with Crippen LogP contribution < -0.4 is 5.73 Å². The third kappa shape index (κ3) is 5.20. The van der Waals surface area contributed by atoms with Gasteiger partial charge in [-0.3, -0.25) is 0 Å². The van der Waals surface area contributed by atoms with Gasteiger partial charge in [-0.25, -0.2) is 8.42 Å². The first-order valence-electron chi connectivity index (χ1n) is 6.87. The van der Waals surface area contributed by atoms with E-state index in [1.165, 1.54) is 4.31 Å². The number of nitrogens with two attached hydrogens (primary N) is 1. The molecule has 0 aliphatic heterocycles. The Kier molecular flexibility index (Phi) is 7.15. The smallest absolute Gasteiger partial charge is 0.218 e. The first-order chi connectivity index (χ1) is 9.53. The van der Waals surface area contributed by atoms with Crippen LogP contribution in [0.15, 0.2) is 24.3 Å². The number of likely N-dealkylation sites (N-methyl/N-ethyl adjacent to an activating group) is 1. The number of sulfonamides is 1. The van der Waals surface area contributed by atoms with Gasteiger partial charge in [0.1, 0.15) is 0 Å². The largest absolute Gasteiger partial charge is 0.380 e. The molecule has 0 bridgehead atoms. The molecule has 0 atom stereocenters. The summed E-state index contributed by atoms with van der Waals surface area (Å²) < 4.78 is 31.3. The van der Waals surface area contributed by atoms with Crippen molar-refractivity contribution < 1.29 is 13.2 Å². The van der Waals surface area contributed by atoms with Gasteiger partial charge in [0.25, 0.3) is 0 Å². The van der Waals surface area contributed by atoms with Crippen LogP contribution >= 0.6 is 0 Å². The van der Waals surface area contributed by atoms with Crippen LogP contribution in [0.25, 0.3) is 0 Å². The molecule has 1 rings (SSSR count). The summed E-state index contributed by atoms with van der Waals surface area (Å²) in [7, 11) is -3.30. The van der Waals surface area contributed by atoms with Crippen LogP contribution in [0.2, 0.25) is 0 Å². The highest BCUT2D eigenvalue weighted by molar-refractivity contribution is 7.88. The summed E-state index contributed by atoms with van der Waals surface area (Å²) in [5.41, 5.74) is 7.29. The Morgan fingerprint density at radius 2 is 1.75 bits per heavy atom. The Morgan fingerprint density at radius 1 is 1.15 bits per heavy atom. The Labute approximate surface area is 121 Å². The standard InChI is InChI=1S/C14H24N2O3S/c1-3-16(9-10-19-4-2)20(17,18)12-14-7-5-13(11-15)6-8-14/h5-8H,3-4,9-12,15H2,1-2H3. The maximum Gasteiger partial charge on any atom is 0.218 e. The SMILES string of the molecule is CCOCCN(CC)S(=O)(=O)Cc1ccc(CN)cc1. The zero-order valence-corrected chi connectivity index (χ0v) is 13.0. The monoisotopic (exact) mass is 300 g/mol. The number of hydrogen-bond donors (Lipinski definition) is 1. The van der Waals surface area contributed by atoms with Crippen molar-refractivity contribution in [1.29, 1.82) is 0 Å². The van der Waals surface area contributed by atoms with Crippen LogP contribution in [0.1, 0.15) is 25.0 Å². The van der Waals surface area contributed by atoms with Gasteiger partial charge in [0.2, 0.25) is 10.0 Å². The van der Waals surface area contributed by atoms with Crippen molar-refractivity contribution in [3.05, 3.63) is 35.4 Å². The molecule has 0 spiro atoms. The van der Waals surface area contributed by atoms with Crippen molar-refractivity contribution in [2.45, 2.75) is 26.1 Å². The van der Waals surface area contributed by atoms with Gasteiger partial charge < -0.3 is 10.5 Å². The van der Waals surface area contributed by atoms with E-state index in [1.54, 1.807) is 0 Å². The van der Waals surface area contributed by atoms with Crippen molar-refractivity contribution in [2.24, 2.45) is 5.73 Å². The molecule has 0 fully saturated rings. The van der Waals surface area contributed by atoms with Crippen molar-refractivity contribution in [1.82, 2.24) is 4.31 Å². The topological polar surface area (TPSA) is 72.6 Å². The molecule has 0 aliphatic carbocycles. The summed E-state index contributed by atoms with van der Waals surface area (Å²) in [5, 5.41) is 0. The average Bonchev–Trinajstić information content (AvgIpc) is 2.44. The zero-order valence-electron chi connectivity index (χ0n) is 12.2. The number of ether oxygens (including phenoxy) is 1. The molecule has 114 valence electrons. The third-order valence-corrected chi connectivity index (χ3v) is 4.97. The summed E-state index contributed by atoms with van der Waals surface area (Å²) in [6.07, 6.45) is 0. The Bertz CT molecular complexity index is 486. The molecule has 6 heteroatoms. The number of benzene rings is 1. The molecule has 1 aromatic carbocycles. The predicted molar refractivity (Wildman–Crippen MR) is 80.7 cm³/mol. The number of nitrogens with zero attached hydrogens (tertiary/aromatic N) is 1. The second kappa shape index (κ2) is 8.36. The van der Waals surface area contributed by atoms with Crippen LogP contribution in [-0.4, -0.2) is 39.0 Å². The fourth-order valence-corrected chi connectivity index (χ4v) is 3.42. The van der Waals surface area contributed by atoms with E-state index in [1.807, 2.05) is 38.1 Å². The molecule has 0 amide bonds. The van der Waals surface area contributed by atoms with E-state index in [2.05, 4.69) is 0 Å². The number of rotatable bonds is 9. The normalized spacial score (nSPS) is 12.0. The summed E-state index contributed by atoms with van der Waals surface area (Å²) in [6.45, 7) is 6.06. The van der Waals surface area contributed by atoms with Gasteiger partial charge in [0.05, 0.1) is 12.4 Å². The summed E-state index contributed by atoms with van der Waals surface area (Å²) in [5.74, 6) is 0.0117. The van der Waals surface area contributed by atoms with E-state index in [0.29, 0.717) is 32.8 Å². The van der Waals surface area contributed by atoms with Gasteiger partial charge in [-0.05, 0) is 18.1 Å². The molecule has 0 heterocycles. The van der Waals surface area contributed by atoms with E-state index in [0.717, 1.165) is 11.1 Å². The molecular formula is C14H24N2O3S. The lowest BCUT2D eigenvalue weighted by atomic mass is 10.1. The fourth-order valence-electron chi connectivity index (χ4n) is 1.88. The van der Waals surface area contributed by atoms with Crippen LogP contribution in [0.3, 0.4) is 0 Å². The van der Waals surface area contributed by atoms with Gasteiger partial charge in [-0.2, -0.15) is 4.31 Å². The fraction of sp³-hybridized carbons (Fsp3) is 0.571. The maximum atomic E-state index is 12.3. The number of hydrogen-bond acceptors (Lipinski definition) is 4.